The summed E-state index contributed by atoms with van der Waals surface area (Å²) in [5, 5.41) is 11.0. The number of thiophene rings is 1. The Morgan fingerprint density at radius 3 is 3.21 bits per heavy atom. The van der Waals surface area contributed by atoms with Crippen LogP contribution in [0.4, 0.5) is 0 Å². The summed E-state index contributed by atoms with van der Waals surface area (Å²) in [6, 6.07) is 2.13. The molecule has 0 bridgehead atoms. The molecule has 0 aromatic carbocycles. The number of thiazole rings is 1. The van der Waals surface area contributed by atoms with E-state index < -0.39 is 0 Å². The second-order valence-corrected chi connectivity index (χ2v) is 6.51. The van der Waals surface area contributed by atoms with Gasteiger partial charge in [-0.05, 0) is 30.2 Å². The largest absolute Gasteiger partial charge is 0.381 e. The van der Waals surface area contributed by atoms with Crippen molar-refractivity contribution in [3.05, 3.63) is 27.9 Å². The van der Waals surface area contributed by atoms with E-state index in [9.17, 15) is 0 Å². The van der Waals surface area contributed by atoms with Crippen molar-refractivity contribution in [2.75, 3.05) is 19.8 Å². The number of nitrogens with zero attached hydrogens (tertiary/aromatic N) is 1. The molecule has 2 aromatic rings. The van der Waals surface area contributed by atoms with Gasteiger partial charge >= 0.3 is 0 Å². The van der Waals surface area contributed by atoms with Gasteiger partial charge in [0.2, 0.25) is 0 Å². The fraction of sp³-hybridized carbons (Fsp3) is 0.500. The van der Waals surface area contributed by atoms with E-state index in [1.807, 2.05) is 0 Å². The molecule has 0 spiro atoms. The van der Waals surface area contributed by atoms with E-state index in [0.29, 0.717) is 5.92 Å². The van der Waals surface area contributed by atoms with E-state index in [2.05, 4.69) is 32.5 Å². The molecular formula is C14H18N2OS2. The number of hydrogen-bond acceptors (Lipinski definition) is 5. The van der Waals surface area contributed by atoms with E-state index in [0.717, 1.165) is 37.0 Å². The maximum absolute atomic E-state index is 5.49. The lowest BCUT2D eigenvalue weighted by molar-refractivity contribution is 0.0547. The van der Waals surface area contributed by atoms with E-state index in [4.69, 9.17) is 4.74 Å². The molecule has 1 aliphatic heterocycles. The monoisotopic (exact) mass is 294 g/mol. The molecule has 1 atom stereocenters. The Bertz CT molecular complexity index is 489. The Morgan fingerprint density at radius 1 is 1.42 bits per heavy atom. The molecule has 3 rings (SSSR count). The van der Waals surface area contributed by atoms with E-state index in [1.54, 1.807) is 22.7 Å². The van der Waals surface area contributed by atoms with Crippen LogP contribution in [0.25, 0.3) is 10.6 Å². The van der Waals surface area contributed by atoms with Crippen LogP contribution in [0.5, 0.6) is 0 Å². The highest BCUT2D eigenvalue weighted by Gasteiger charge is 2.13. The highest BCUT2D eigenvalue weighted by Crippen LogP contribution is 2.25. The van der Waals surface area contributed by atoms with Gasteiger partial charge in [-0.15, -0.1) is 11.3 Å². The summed E-state index contributed by atoms with van der Waals surface area (Å²) >= 11 is 3.44. The van der Waals surface area contributed by atoms with Crippen molar-refractivity contribution in [2.24, 2.45) is 5.92 Å². The number of rotatable bonds is 5. The van der Waals surface area contributed by atoms with Gasteiger partial charge in [-0.3, -0.25) is 0 Å². The minimum Gasteiger partial charge on any atom is -0.381 e. The predicted molar refractivity (Wildman–Crippen MR) is 80.7 cm³/mol. The maximum atomic E-state index is 5.49. The minimum absolute atomic E-state index is 0.670. The second kappa shape index (κ2) is 6.61. The van der Waals surface area contributed by atoms with Crippen LogP contribution >= 0.6 is 22.7 Å². The van der Waals surface area contributed by atoms with Crippen LogP contribution in [0.15, 0.2) is 22.2 Å². The normalized spacial score (nSPS) is 19.7. The molecule has 0 radical (unpaired) electrons. The zero-order valence-electron chi connectivity index (χ0n) is 10.8. The van der Waals surface area contributed by atoms with Crippen molar-refractivity contribution in [1.82, 2.24) is 10.3 Å². The van der Waals surface area contributed by atoms with Crippen LogP contribution < -0.4 is 5.32 Å². The van der Waals surface area contributed by atoms with Gasteiger partial charge in [-0.25, -0.2) is 4.98 Å². The van der Waals surface area contributed by atoms with Crippen molar-refractivity contribution >= 4 is 22.7 Å². The van der Waals surface area contributed by atoms with E-state index >= 15 is 0 Å². The molecule has 5 heteroatoms. The Kier molecular flexibility index (Phi) is 4.61. The summed E-state index contributed by atoms with van der Waals surface area (Å²) in [7, 11) is 0. The van der Waals surface area contributed by atoms with E-state index in [-0.39, 0.29) is 0 Å². The molecule has 1 N–H and O–H groups in total. The van der Waals surface area contributed by atoms with Gasteiger partial charge in [0.25, 0.3) is 0 Å². The molecule has 1 saturated heterocycles. The second-order valence-electron chi connectivity index (χ2n) is 4.87. The lowest BCUT2D eigenvalue weighted by Gasteiger charge is -2.22. The van der Waals surface area contributed by atoms with Gasteiger partial charge in [0.1, 0.15) is 5.01 Å². The van der Waals surface area contributed by atoms with Gasteiger partial charge in [-0.1, -0.05) is 0 Å². The zero-order chi connectivity index (χ0) is 12.9. The molecule has 1 aliphatic rings. The van der Waals surface area contributed by atoms with E-state index in [1.165, 1.54) is 18.4 Å². The molecule has 0 aliphatic carbocycles. The third kappa shape index (κ3) is 3.63. The molecule has 102 valence electrons. The van der Waals surface area contributed by atoms with Crippen molar-refractivity contribution < 1.29 is 4.74 Å². The van der Waals surface area contributed by atoms with Crippen molar-refractivity contribution in [3.63, 3.8) is 0 Å². The zero-order valence-corrected chi connectivity index (χ0v) is 12.4. The molecule has 19 heavy (non-hydrogen) atoms. The predicted octanol–water partition coefficient (Wildman–Crippen LogP) is 3.39. The molecular weight excluding hydrogens is 276 g/mol. The SMILES string of the molecule is c1cc(-c2nc(CNCC3CCCOC3)cs2)cs1. The fourth-order valence-corrected chi connectivity index (χ4v) is 3.81. The van der Waals surface area contributed by atoms with Crippen LogP contribution in [-0.2, 0) is 11.3 Å². The molecule has 0 saturated carbocycles. The minimum atomic E-state index is 0.670. The summed E-state index contributed by atoms with van der Waals surface area (Å²) in [5.41, 5.74) is 2.38. The first kappa shape index (κ1) is 13.2. The maximum Gasteiger partial charge on any atom is 0.124 e. The van der Waals surface area contributed by atoms with Crippen LogP contribution in [0.3, 0.4) is 0 Å². The number of ether oxygens (including phenoxy) is 1. The Balaban J connectivity index is 1.48. The third-order valence-corrected chi connectivity index (χ3v) is 4.94. The summed E-state index contributed by atoms with van der Waals surface area (Å²) in [5.74, 6) is 0.670. The first-order valence-electron chi connectivity index (χ1n) is 6.67. The third-order valence-electron chi connectivity index (χ3n) is 3.31. The standard InChI is InChI=1S/C14H18N2OS2/c1-2-11(8-17-4-1)6-15-7-13-10-19-14(16-13)12-3-5-18-9-12/h3,5,9-11,15H,1-2,4,6-8H2. The van der Waals surface area contributed by atoms with Crippen LogP contribution in [0, 0.1) is 5.92 Å². The fourth-order valence-electron chi connectivity index (χ4n) is 2.28. The van der Waals surface area contributed by atoms with Gasteiger partial charge < -0.3 is 10.1 Å². The lowest BCUT2D eigenvalue weighted by Crippen LogP contribution is -2.28. The first-order chi connectivity index (χ1) is 9.42. The Morgan fingerprint density at radius 2 is 2.42 bits per heavy atom. The molecule has 3 heterocycles. The van der Waals surface area contributed by atoms with Crippen LogP contribution in [0.1, 0.15) is 18.5 Å². The summed E-state index contributed by atoms with van der Waals surface area (Å²) in [6.07, 6.45) is 2.48. The lowest BCUT2D eigenvalue weighted by atomic mass is 10.0. The van der Waals surface area contributed by atoms with Gasteiger partial charge in [0, 0.05) is 36.0 Å². The smallest absolute Gasteiger partial charge is 0.124 e. The number of nitrogens with one attached hydrogen (secondary N) is 1. The topological polar surface area (TPSA) is 34.2 Å². The first-order valence-corrected chi connectivity index (χ1v) is 8.49. The number of aromatic nitrogens is 1. The van der Waals surface area contributed by atoms with Crippen LogP contribution in [-0.4, -0.2) is 24.7 Å². The van der Waals surface area contributed by atoms with Crippen molar-refractivity contribution in [1.29, 1.82) is 0 Å². The van der Waals surface area contributed by atoms with Crippen molar-refractivity contribution in [3.8, 4) is 10.6 Å². The molecule has 3 nitrogen and oxygen atoms in total. The quantitative estimate of drug-likeness (QED) is 0.918. The van der Waals surface area contributed by atoms with Gasteiger partial charge in [0.15, 0.2) is 0 Å². The van der Waals surface area contributed by atoms with Crippen LogP contribution in [0.2, 0.25) is 0 Å². The summed E-state index contributed by atoms with van der Waals surface area (Å²) in [4.78, 5) is 4.67. The Labute approximate surface area is 121 Å². The molecule has 1 unspecified atom stereocenters. The number of hydrogen-bond donors (Lipinski definition) is 1. The van der Waals surface area contributed by atoms with Gasteiger partial charge in [-0.2, -0.15) is 11.3 Å². The molecule has 0 amide bonds. The average Bonchev–Trinajstić information content (AvgIpc) is 3.10. The average molecular weight is 294 g/mol. The van der Waals surface area contributed by atoms with Gasteiger partial charge in [0.05, 0.1) is 12.3 Å². The molecule has 2 aromatic heterocycles. The highest BCUT2D eigenvalue weighted by molar-refractivity contribution is 7.14. The Hall–Kier alpha value is -0.750. The highest BCUT2D eigenvalue weighted by atomic mass is 32.1. The van der Waals surface area contributed by atoms with Crippen molar-refractivity contribution in [2.45, 2.75) is 19.4 Å². The summed E-state index contributed by atoms with van der Waals surface area (Å²) in [6.45, 7) is 3.74. The summed E-state index contributed by atoms with van der Waals surface area (Å²) < 4.78 is 5.49. The molecule has 1 fully saturated rings.